The highest BCUT2D eigenvalue weighted by molar-refractivity contribution is 8.00. The van der Waals surface area contributed by atoms with Crippen LogP contribution in [0, 0.1) is 11.8 Å². The molecule has 3 unspecified atom stereocenters. The normalized spacial score (nSPS) is 13.3. The molecule has 55 heavy (non-hydrogen) atoms. The Morgan fingerprint density at radius 1 is 0.618 bits per heavy atom. The van der Waals surface area contributed by atoms with Crippen LogP contribution in [-0.2, 0) is 35.2 Å². The van der Waals surface area contributed by atoms with Crippen molar-refractivity contribution < 1.29 is 28.7 Å². The third kappa shape index (κ3) is 12.5. The summed E-state index contributed by atoms with van der Waals surface area (Å²) in [6.07, 6.45) is -0.485. The topological polar surface area (TPSA) is 123 Å². The molecule has 0 bridgehead atoms. The minimum Gasteiger partial charge on any atom is -0.458 e. The minimum absolute atomic E-state index is 0.00795. The van der Waals surface area contributed by atoms with Crippen LogP contribution in [0.1, 0.15) is 77.1 Å². The van der Waals surface area contributed by atoms with Gasteiger partial charge in [0.1, 0.15) is 30.3 Å². The predicted molar refractivity (Wildman–Crippen MR) is 219 cm³/mol. The van der Waals surface area contributed by atoms with Crippen LogP contribution in [0.2, 0.25) is 0 Å². The van der Waals surface area contributed by atoms with E-state index < -0.39 is 52.4 Å². The molecule has 0 saturated carbocycles. The first-order chi connectivity index (χ1) is 26.2. The summed E-state index contributed by atoms with van der Waals surface area (Å²) in [4.78, 5) is 54.9. The number of esters is 1. The number of amides is 3. The second-order valence-electron chi connectivity index (χ2n) is 15.3. The van der Waals surface area contributed by atoms with Crippen LogP contribution in [0.5, 0.6) is 0 Å². The van der Waals surface area contributed by atoms with E-state index in [1.807, 2.05) is 113 Å². The van der Waals surface area contributed by atoms with Crippen LogP contribution < -0.4 is 16.0 Å². The number of nitrogens with one attached hydrogen (secondary N) is 3. The summed E-state index contributed by atoms with van der Waals surface area (Å²) >= 11 is 1.50. The highest BCUT2D eigenvalue weighted by Crippen LogP contribution is 2.48. The van der Waals surface area contributed by atoms with E-state index in [-0.39, 0.29) is 30.6 Å². The van der Waals surface area contributed by atoms with Crippen LogP contribution in [0.15, 0.2) is 121 Å². The van der Waals surface area contributed by atoms with Crippen molar-refractivity contribution >= 4 is 35.6 Å². The Bertz CT molecular complexity index is 1720. The maximum absolute atomic E-state index is 14.5. The van der Waals surface area contributed by atoms with Crippen LogP contribution in [0.4, 0.5) is 4.79 Å². The van der Waals surface area contributed by atoms with Gasteiger partial charge in [0.05, 0.1) is 4.75 Å². The Kier molecular flexibility index (Phi) is 15.5. The smallest absolute Gasteiger partial charge is 0.408 e. The molecule has 0 aliphatic rings. The second-order valence-corrected chi connectivity index (χ2v) is 16.5. The van der Waals surface area contributed by atoms with Crippen LogP contribution in [-0.4, -0.2) is 53.4 Å². The SMILES string of the molecule is CC(C)CC(NC(=O)C(CSC(c1ccccc1)(c1ccccc1)c1ccccc1)NC(=O)OCc1ccccc1)C(=O)NC(C(=O)OC(C)(C)C)C(C)C. The van der Waals surface area contributed by atoms with Gasteiger partial charge in [-0.05, 0) is 61.3 Å². The van der Waals surface area contributed by atoms with Crippen molar-refractivity contribution in [3.63, 3.8) is 0 Å². The molecule has 4 rings (SSSR count). The van der Waals surface area contributed by atoms with E-state index in [1.165, 1.54) is 11.8 Å². The molecule has 0 aromatic heterocycles. The molecule has 0 aliphatic heterocycles. The summed E-state index contributed by atoms with van der Waals surface area (Å²) in [6.45, 7) is 12.8. The molecule has 0 radical (unpaired) electrons. The monoisotopic (exact) mass is 765 g/mol. The number of ether oxygens (including phenoxy) is 2. The Balaban J connectivity index is 1.69. The predicted octanol–water partition coefficient (Wildman–Crippen LogP) is 8.02. The Morgan fingerprint density at radius 3 is 1.51 bits per heavy atom. The lowest BCUT2D eigenvalue weighted by molar-refractivity contribution is -0.160. The molecule has 0 fully saturated rings. The summed E-state index contributed by atoms with van der Waals surface area (Å²) in [5.41, 5.74) is 3.01. The largest absolute Gasteiger partial charge is 0.458 e. The second kappa shape index (κ2) is 20.0. The summed E-state index contributed by atoms with van der Waals surface area (Å²) in [5.74, 6) is -1.80. The molecule has 0 saturated heterocycles. The van der Waals surface area contributed by atoms with Crippen molar-refractivity contribution in [2.24, 2.45) is 11.8 Å². The number of carbonyl (C=O) groups excluding carboxylic acids is 4. The minimum atomic E-state index is -1.13. The average molecular weight is 766 g/mol. The van der Waals surface area contributed by atoms with Gasteiger partial charge in [0.15, 0.2) is 0 Å². The van der Waals surface area contributed by atoms with Gasteiger partial charge in [0.25, 0.3) is 0 Å². The van der Waals surface area contributed by atoms with Gasteiger partial charge >= 0.3 is 12.1 Å². The van der Waals surface area contributed by atoms with Crippen molar-refractivity contribution in [2.75, 3.05) is 5.75 Å². The summed E-state index contributed by atoms with van der Waals surface area (Å²) in [7, 11) is 0. The summed E-state index contributed by atoms with van der Waals surface area (Å²) in [6, 6.07) is 36.3. The maximum atomic E-state index is 14.5. The molecule has 10 heteroatoms. The van der Waals surface area contributed by atoms with Gasteiger partial charge < -0.3 is 25.4 Å². The first kappa shape index (κ1) is 42.6. The number of hydrogen-bond donors (Lipinski definition) is 3. The highest BCUT2D eigenvalue weighted by Gasteiger charge is 2.40. The number of alkyl carbamates (subject to hydrolysis) is 1. The van der Waals surface area contributed by atoms with Crippen molar-refractivity contribution in [3.05, 3.63) is 144 Å². The maximum Gasteiger partial charge on any atom is 0.408 e. The van der Waals surface area contributed by atoms with Crippen molar-refractivity contribution in [3.8, 4) is 0 Å². The quantitative estimate of drug-likeness (QED) is 0.0735. The molecular weight excluding hydrogens is 711 g/mol. The molecule has 9 nitrogen and oxygen atoms in total. The molecule has 0 aliphatic carbocycles. The van der Waals surface area contributed by atoms with Crippen molar-refractivity contribution in [1.29, 1.82) is 0 Å². The summed E-state index contributed by atoms with van der Waals surface area (Å²) in [5, 5.41) is 8.59. The van der Waals surface area contributed by atoms with Gasteiger partial charge in [-0.1, -0.05) is 149 Å². The van der Waals surface area contributed by atoms with Crippen LogP contribution >= 0.6 is 11.8 Å². The Morgan fingerprint density at radius 2 is 1.07 bits per heavy atom. The van der Waals surface area contributed by atoms with E-state index in [9.17, 15) is 19.2 Å². The third-order valence-corrected chi connectivity index (χ3v) is 10.4. The number of thioether (sulfide) groups is 1. The highest BCUT2D eigenvalue weighted by atomic mass is 32.2. The number of rotatable bonds is 17. The summed E-state index contributed by atoms with van der Waals surface area (Å²) < 4.78 is 10.4. The Labute approximate surface area is 330 Å². The van der Waals surface area contributed by atoms with E-state index >= 15 is 0 Å². The Hall–Kier alpha value is -5.09. The third-order valence-electron chi connectivity index (χ3n) is 8.79. The van der Waals surface area contributed by atoms with E-state index in [2.05, 4.69) is 52.3 Å². The zero-order valence-corrected chi connectivity index (χ0v) is 33.7. The number of carbonyl (C=O) groups is 4. The fraction of sp³-hybridized carbons (Fsp3) is 0.378. The molecule has 4 aromatic rings. The molecule has 3 atom stereocenters. The molecule has 292 valence electrons. The number of hydrogen-bond acceptors (Lipinski definition) is 7. The standard InChI is InChI=1S/C45H55N3O6S/c1-31(2)28-37(40(49)48-39(32(3)4)42(51)54-44(5,6)7)46-41(50)38(47-43(52)53-29-33-20-12-8-13-21-33)30-55-45(34-22-14-9-15-23-34,35-24-16-10-17-25-35)36-26-18-11-19-27-36/h8-27,31-32,37-39H,28-30H2,1-7H3,(H,46,50)(H,47,52)(H,48,49). The van der Waals surface area contributed by atoms with E-state index in [0.29, 0.717) is 0 Å². The molecule has 0 heterocycles. The molecule has 0 spiro atoms. The fourth-order valence-electron chi connectivity index (χ4n) is 6.16. The first-order valence-electron chi connectivity index (χ1n) is 18.8. The molecule has 3 amide bonds. The lowest BCUT2D eigenvalue weighted by Crippen LogP contribution is -2.58. The molecule has 3 N–H and O–H groups in total. The lowest BCUT2D eigenvalue weighted by Gasteiger charge is -2.36. The average Bonchev–Trinajstić information content (AvgIpc) is 3.16. The van der Waals surface area contributed by atoms with E-state index in [1.54, 1.807) is 20.8 Å². The van der Waals surface area contributed by atoms with Gasteiger partial charge in [0, 0.05) is 5.75 Å². The van der Waals surface area contributed by atoms with Gasteiger partial charge in [0.2, 0.25) is 11.8 Å². The van der Waals surface area contributed by atoms with Crippen LogP contribution in [0.25, 0.3) is 0 Å². The lowest BCUT2D eigenvalue weighted by atomic mass is 9.84. The fourth-order valence-corrected chi connectivity index (χ4v) is 7.72. The number of benzene rings is 4. The van der Waals surface area contributed by atoms with Gasteiger partial charge in [-0.3, -0.25) is 9.59 Å². The molecular formula is C45H55N3O6S. The van der Waals surface area contributed by atoms with Gasteiger partial charge in [-0.15, -0.1) is 11.8 Å². The zero-order valence-electron chi connectivity index (χ0n) is 32.9. The molecule has 4 aromatic carbocycles. The van der Waals surface area contributed by atoms with Crippen LogP contribution in [0.3, 0.4) is 0 Å². The van der Waals surface area contributed by atoms with Gasteiger partial charge in [-0.2, -0.15) is 0 Å². The van der Waals surface area contributed by atoms with Gasteiger partial charge in [-0.25, -0.2) is 9.59 Å². The zero-order chi connectivity index (χ0) is 40.0. The van der Waals surface area contributed by atoms with E-state index in [0.717, 1.165) is 22.3 Å². The first-order valence-corrected chi connectivity index (χ1v) is 19.8. The van der Waals surface area contributed by atoms with Crippen molar-refractivity contribution in [1.82, 2.24) is 16.0 Å². The van der Waals surface area contributed by atoms with E-state index in [4.69, 9.17) is 9.47 Å². The van der Waals surface area contributed by atoms with Crippen molar-refractivity contribution in [2.45, 2.75) is 90.0 Å².